The predicted octanol–water partition coefficient (Wildman–Crippen LogP) is 1.07. The van der Waals surface area contributed by atoms with E-state index in [0.29, 0.717) is 0 Å². The summed E-state index contributed by atoms with van der Waals surface area (Å²) in [5.74, 6) is 0.752. The van der Waals surface area contributed by atoms with Crippen molar-refractivity contribution in [2.75, 3.05) is 0 Å². The highest BCUT2D eigenvalue weighted by molar-refractivity contribution is 5.72. The van der Waals surface area contributed by atoms with Gasteiger partial charge in [-0.15, -0.1) is 0 Å². The van der Waals surface area contributed by atoms with Crippen LogP contribution in [0.4, 0.5) is 5.69 Å². The summed E-state index contributed by atoms with van der Waals surface area (Å²) in [6.45, 7) is 0. The molecule has 1 aromatic rings. The van der Waals surface area contributed by atoms with Crippen LogP contribution in [0.1, 0.15) is 0 Å². The van der Waals surface area contributed by atoms with Crippen LogP contribution in [0, 0.1) is 0 Å². The molecule has 2 rings (SSSR count). The van der Waals surface area contributed by atoms with Crippen LogP contribution in [0.5, 0.6) is 5.75 Å². The van der Waals surface area contributed by atoms with Gasteiger partial charge in [-0.3, -0.25) is 10.7 Å². The summed E-state index contributed by atoms with van der Waals surface area (Å²) >= 11 is 0. The molecule has 1 aromatic carbocycles. The van der Waals surface area contributed by atoms with E-state index in [1.165, 1.54) is 0 Å². The number of fused-ring (bicyclic) bond motifs is 1. The van der Waals surface area contributed by atoms with Gasteiger partial charge in [0.05, 0.1) is 6.21 Å². The number of hydrogen-bond acceptors (Lipinski definition) is 3. The lowest BCUT2D eigenvalue weighted by molar-refractivity contribution is 0.276. The first-order valence-electron chi connectivity index (χ1n) is 3.42. The molecule has 0 amide bonds. The Morgan fingerprint density at radius 3 is 3.09 bits per heavy atom. The summed E-state index contributed by atoms with van der Waals surface area (Å²) in [5, 5.41) is 0. The lowest BCUT2D eigenvalue weighted by Crippen LogP contribution is -2.30. The van der Waals surface area contributed by atoms with E-state index in [1.54, 1.807) is 6.21 Å². The maximum absolute atomic E-state index is 5.48. The summed E-state index contributed by atoms with van der Waals surface area (Å²) in [5.41, 5.74) is 6.32. The van der Waals surface area contributed by atoms with Crippen LogP contribution in [-0.4, -0.2) is 12.4 Å². The summed E-state index contributed by atoms with van der Waals surface area (Å²) in [4.78, 5) is 4.10. The van der Waals surface area contributed by atoms with Gasteiger partial charge in [0.1, 0.15) is 11.4 Å². The van der Waals surface area contributed by atoms with E-state index >= 15 is 0 Å². The summed E-state index contributed by atoms with van der Waals surface area (Å²) < 4.78 is 5.26. The van der Waals surface area contributed by atoms with Crippen molar-refractivity contribution in [1.82, 2.24) is 0 Å². The highest BCUT2D eigenvalue weighted by Gasteiger charge is 2.09. The molecule has 1 atom stereocenters. The molecule has 1 heterocycles. The Balaban J connectivity index is 2.46. The lowest BCUT2D eigenvalue weighted by atomic mass is 10.3. The molecule has 11 heavy (non-hydrogen) atoms. The van der Waals surface area contributed by atoms with Gasteiger partial charge in [0.25, 0.3) is 0 Å². The highest BCUT2D eigenvalue weighted by atomic mass is 16.5. The maximum Gasteiger partial charge on any atom is 0.184 e. The molecule has 3 heteroatoms. The van der Waals surface area contributed by atoms with Crippen LogP contribution in [0.3, 0.4) is 0 Å². The Morgan fingerprint density at radius 1 is 1.36 bits per heavy atom. The number of ether oxygens (including phenoxy) is 1. The monoisotopic (exact) mass is 148 g/mol. The average Bonchev–Trinajstić information content (AvgIpc) is 2.04. The molecule has 0 aliphatic carbocycles. The fourth-order valence-corrected chi connectivity index (χ4v) is 0.994. The number of nitrogens with two attached hydrogens (primary N) is 1. The Bertz CT molecular complexity index is 296. The van der Waals surface area contributed by atoms with E-state index in [4.69, 9.17) is 10.5 Å². The molecule has 1 aliphatic heterocycles. The first-order chi connectivity index (χ1) is 5.36. The highest BCUT2D eigenvalue weighted by Crippen LogP contribution is 2.28. The second kappa shape index (κ2) is 2.36. The third-order valence-corrected chi connectivity index (χ3v) is 1.49. The standard InChI is InChI=1S/C8H8N2O/c9-8-5-10-6-3-1-2-4-7(6)11-8/h1-5,8H,9H2. The number of benzene rings is 1. The molecule has 0 bridgehead atoms. The van der Waals surface area contributed by atoms with Crippen LogP contribution in [0.25, 0.3) is 0 Å². The molecule has 1 unspecified atom stereocenters. The summed E-state index contributed by atoms with van der Waals surface area (Å²) in [7, 11) is 0. The van der Waals surface area contributed by atoms with Gasteiger partial charge < -0.3 is 4.74 Å². The fraction of sp³-hybridized carbons (Fsp3) is 0.125. The zero-order valence-electron chi connectivity index (χ0n) is 5.90. The van der Waals surface area contributed by atoms with E-state index in [2.05, 4.69) is 4.99 Å². The number of para-hydroxylation sites is 2. The van der Waals surface area contributed by atoms with Gasteiger partial charge in [0, 0.05) is 0 Å². The molecule has 0 saturated carbocycles. The molecule has 0 fully saturated rings. The second-order valence-corrected chi connectivity index (χ2v) is 2.33. The SMILES string of the molecule is NC1C=Nc2ccccc2O1. The van der Waals surface area contributed by atoms with Crippen LogP contribution >= 0.6 is 0 Å². The van der Waals surface area contributed by atoms with Gasteiger partial charge >= 0.3 is 0 Å². The van der Waals surface area contributed by atoms with Crippen molar-refractivity contribution in [2.45, 2.75) is 6.23 Å². The maximum atomic E-state index is 5.48. The van der Waals surface area contributed by atoms with Crippen molar-refractivity contribution in [3.05, 3.63) is 24.3 Å². The first-order valence-corrected chi connectivity index (χ1v) is 3.42. The minimum absolute atomic E-state index is 0.398. The van der Waals surface area contributed by atoms with Crippen molar-refractivity contribution in [1.29, 1.82) is 0 Å². The van der Waals surface area contributed by atoms with Crippen molar-refractivity contribution in [2.24, 2.45) is 10.7 Å². The zero-order valence-corrected chi connectivity index (χ0v) is 5.90. The van der Waals surface area contributed by atoms with Crippen molar-refractivity contribution >= 4 is 11.9 Å². The third kappa shape index (κ3) is 1.10. The van der Waals surface area contributed by atoms with Crippen molar-refractivity contribution in [3.63, 3.8) is 0 Å². The van der Waals surface area contributed by atoms with Gasteiger partial charge in [0.2, 0.25) is 0 Å². The van der Waals surface area contributed by atoms with Crippen molar-refractivity contribution in [3.8, 4) is 5.75 Å². The van der Waals surface area contributed by atoms with E-state index < -0.39 is 6.23 Å². The van der Waals surface area contributed by atoms with E-state index in [9.17, 15) is 0 Å². The molecule has 0 saturated heterocycles. The smallest absolute Gasteiger partial charge is 0.184 e. The van der Waals surface area contributed by atoms with Crippen molar-refractivity contribution < 1.29 is 4.74 Å². The Hall–Kier alpha value is -1.35. The van der Waals surface area contributed by atoms with Gasteiger partial charge in [-0.05, 0) is 12.1 Å². The summed E-state index contributed by atoms with van der Waals surface area (Å²) in [6, 6.07) is 7.55. The van der Waals surface area contributed by atoms with E-state index in [1.807, 2.05) is 24.3 Å². The molecular formula is C8H8N2O. The zero-order chi connectivity index (χ0) is 7.68. The third-order valence-electron chi connectivity index (χ3n) is 1.49. The van der Waals surface area contributed by atoms with E-state index in [0.717, 1.165) is 11.4 Å². The van der Waals surface area contributed by atoms with Crippen LogP contribution in [-0.2, 0) is 0 Å². The number of aliphatic imine (C=N–C) groups is 1. The number of nitrogens with zero attached hydrogens (tertiary/aromatic N) is 1. The molecule has 0 aromatic heterocycles. The quantitative estimate of drug-likeness (QED) is 0.598. The van der Waals surface area contributed by atoms with Gasteiger partial charge in [-0.2, -0.15) is 0 Å². The predicted molar refractivity (Wildman–Crippen MR) is 43.2 cm³/mol. The fourth-order valence-electron chi connectivity index (χ4n) is 0.994. The van der Waals surface area contributed by atoms with Gasteiger partial charge in [0.15, 0.2) is 6.23 Å². The average molecular weight is 148 g/mol. The number of hydrogen-bond donors (Lipinski definition) is 1. The van der Waals surface area contributed by atoms with Crippen LogP contribution < -0.4 is 10.5 Å². The lowest BCUT2D eigenvalue weighted by Gasteiger charge is -2.15. The molecule has 1 aliphatic rings. The first kappa shape index (κ1) is 6.37. The molecular weight excluding hydrogens is 140 g/mol. The van der Waals surface area contributed by atoms with Crippen LogP contribution in [0.2, 0.25) is 0 Å². The minimum atomic E-state index is -0.398. The molecule has 3 nitrogen and oxygen atoms in total. The second-order valence-electron chi connectivity index (χ2n) is 2.33. The topological polar surface area (TPSA) is 47.6 Å². The Morgan fingerprint density at radius 2 is 2.18 bits per heavy atom. The Labute approximate surface area is 64.5 Å². The van der Waals surface area contributed by atoms with Crippen LogP contribution in [0.15, 0.2) is 29.3 Å². The summed E-state index contributed by atoms with van der Waals surface area (Å²) in [6.07, 6.45) is 1.19. The normalized spacial score (nSPS) is 20.6. The number of rotatable bonds is 0. The van der Waals surface area contributed by atoms with Gasteiger partial charge in [-0.25, -0.2) is 0 Å². The van der Waals surface area contributed by atoms with Gasteiger partial charge in [-0.1, -0.05) is 12.1 Å². The molecule has 2 N–H and O–H groups in total. The molecule has 0 radical (unpaired) electrons. The molecule has 56 valence electrons. The molecule has 0 spiro atoms. The Kier molecular flexibility index (Phi) is 1.36. The minimum Gasteiger partial charge on any atom is -0.468 e. The van der Waals surface area contributed by atoms with E-state index in [-0.39, 0.29) is 0 Å². The largest absolute Gasteiger partial charge is 0.468 e.